The molecule has 0 aromatic heterocycles. The molecular weight excluding hydrogens is 238 g/mol. The van der Waals surface area contributed by atoms with E-state index in [-0.39, 0.29) is 12.4 Å². The van der Waals surface area contributed by atoms with Gasteiger partial charge in [0.15, 0.2) is 5.78 Å². The first kappa shape index (κ1) is 14.2. The van der Waals surface area contributed by atoms with Crippen LogP contribution in [0.25, 0.3) is 0 Å². The van der Waals surface area contributed by atoms with Gasteiger partial charge in [0.25, 0.3) is 0 Å². The van der Waals surface area contributed by atoms with Crippen LogP contribution >= 0.6 is 0 Å². The Kier molecular flexibility index (Phi) is 5.11. The highest BCUT2D eigenvalue weighted by molar-refractivity contribution is 5.97. The first-order chi connectivity index (χ1) is 9.20. The third-order valence-electron chi connectivity index (χ3n) is 3.88. The van der Waals surface area contributed by atoms with Crippen molar-refractivity contribution in [1.82, 2.24) is 4.90 Å². The predicted molar refractivity (Wildman–Crippen MR) is 76.4 cm³/mol. The molecule has 1 fully saturated rings. The van der Waals surface area contributed by atoms with Gasteiger partial charge in [-0.2, -0.15) is 0 Å². The molecule has 0 radical (unpaired) electrons. The molecule has 1 N–H and O–H groups in total. The van der Waals surface area contributed by atoms with Crippen LogP contribution in [0.15, 0.2) is 24.3 Å². The third kappa shape index (κ3) is 3.88. The third-order valence-corrected chi connectivity index (χ3v) is 3.88. The van der Waals surface area contributed by atoms with Gasteiger partial charge in [-0.25, -0.2) is 0 Å². The van der Waals surface area contributed by atoms with Crippen molar-refractivity contribution in [2.75, 3.05) is 19.7 Å². The Hall–Kier alpha value is -1.19. The lowest BCUT2D eigenvalue weighted by molar-refractivity contribution is 0.0915. The van der Waals surface area contributed by atoms with E-state index in [4.69, 9.17) is 5.11 Å². The van der Waals surface area contributed by atoms with E-state index in [0.717, 1.165) is 43.4 Å². The van der Waals surface area contributed by atoms with Gasteiger partial charge in [0.2, 0.25) is 0 Å². The van der Waals surface area contributed by atoms with Crippen LogP contribution < -0.4 is 0 Å². The summed E-state index contributed by atoms with van der Waals surface area (Å²) in [5.41, 5.74) is 1.94. The number of benzene rings is 1. The molecule has 3 heteroatoms. The number of rotatable bonds is 6. The van der Waals surface area contributed by atoms with Crippen LogP contribution in [0, 0.1) is 6.92 Å². The van der Waals surface area contributed by atoms with Gasteiger partial charge >= 0.3 is 0 Å². The van der Waals surface area contributed by atoms with Crippen molar-refractivity contribution >= 4 is 5.78 Å². The van der Waals surface area contributed by atoms with Crippen LogP contribution in [0.5, 0.6) is 0 Å². The Morgan fingerprint density at radius 2 is 2.32 bits per heavy atom. The smallest absolute Gasteiger partial charge is 0.176 e. The van der Waals surface area contributed by atoms with E-state index in [1.807, 2.05) is 31.2 Å². The van der Waals surface area contributed by atoms with E-state index in [0.29, 0.717) is 12.6 Å². The molecule has 1 aliphatic heterocycles. The molecule has 0 saturated carbocycles. The largest absolute Gasteiger partial charge is 0.396 e. The normalized spacial score (nSPS) is 19.8. The van der Waals surface area contributed by atoms with Gasteiger partial charge < -0.3 is 5.11 Å². The number of ketones is 1. The summed E-state index contributed by atoms with van der Waals surface area (Å²) in [5, 5.41) is 8.92. The van der Waals surface area contributed by atoms with Gasteiger partial charge in [0.05, 0.1) is 6.54 Å². The van der Waals surface area contributed by atoms with E-state index < -0.39 is 0 Å². The molecule has 1 heterocycles. The van der Waals surface area contributed by atoms with Gasteiger partial charge in [-0.15, -0.1) is 0 Å². The fourth-order valence-electron chi connectivity index (χ4n) is 2.85. The molecule has 3 nitrogen and oxygen atoms in total. The molecule has 0 amide bonds. The summed E-state index contributed by atoms with van der Waals surface area (Å²) >= 11 is 0. The number of likely N-dealkylation sites (tertiary alicyclic amines) is 1. The molecule has 1 saturated heterocycles. The number of aryl methyl sites for hydroxylation is 1. The SMILES string of the molecule is Cc1cccc(C(=O)CN2CCCC2CCCO)c1. The Labute approximate surface area is 115 Å². The minimum absolute atomic E-state index is 0.208. The Morgan fingerprint density at radius 3 is 3.05 bits per heavy atom. The van der Waals surface area contributed by atoms with E-state index in [2.05, 4.69) is 4.90 Å². The van der Waals surface area contributed by atoms with Crippen molar-refractivity contribution in [2.24, 2.45) is 0 Å². The highest BCUT2D eigenvalue weighted by Crippen LogP contribution is 2.21. The standard InChI is InChI=1S/C16H23NO2/c1-13-5-2-6-14(11-13)16(19)12-17-9-3-7-15(17)8-4-10-18/h2,5-6,11,15,18H,3-4,7-10,12H2,1H3. The molecular formula is C16H23NO2. The fraction of sp³-hybridized carbons (Fsp3) is 0.562. The zero-order valence-corrected chi connectivity index (χ0v) is 11.6. The van der Waals surface area contributed by atoms with Gasteiger partial charge in [-0.3, -0.25) is 9.69 Å². The molecule has 2 rings (SSSR count). The summed E-state index contributed by atoms with van der Waals surface area (Å²) in [6.07, 6.45) is 4.15. The number of nitrogens with zero attached hydrogens (tertiary/aromatic N) is 1. The van der Waals surface area contributed by atoms with Crippen LogP contribution in [0.1, 0.15) is 41.6 Å². The minimum atomic E-state index is 0.208. The number of aliphatic hydroxyl groups is 1. The van der Waals surface area contributed by atoms with Crippen LogP contribution in [-0.2, 0) is 0 Å². The van der Waals surface area contributed by atoms with Gasteiger partial charge in [0.1, 0.15) is 0 Å². The van der Waals surface area contributed by atoms with Crippen molar-refractivity contribution in [1.29, 1.82) is 0 Å². The lowest BCUT2D eigenvalue weighted by Crippen LogP contribution is -2.34. The molecule has 19 heavy (non-hydrogen) atoms. The second-order valence-electron chi connectivity index (χ2n) is 5.43. The maximum absolute atomic E-state index is 12.3. The highest BCUT2D eigenvalue weighted by atomic mass is 16.2. The van der Waals surface area contributed by atoms with Crippen molar-refractivity contribution in [3.8, 4) is 0 Å². The molecule has 1 atom stereocenters. The Bertz CT molecular complexity index is 431. The predicted octanol–water partition coefficient (Wildman–Crippen LogP) is 2.41. The number of carbonyl (C=O) groups is 1. The lowest BCUT2D eigenvalue weighted by Gasteiger charge is -2.23. The molecule has 0 aliphatic carbocycles. The van der Waals surface area contributed by atoms with Crippen LogP contribution in [0.3, 0.4) is 0 Å². The number of carbonyl (C=O) groups excluding carboxylic acids is 1. The number of aliphatic hydroxyl groups excluding tert-OH is 1. The van der Waals surface area contributed by atoms with E-state index in [9.17, 15) is 4.79 Å². The summed E-state index contributed by atoms with van der Waals surface area (Å²) in [7, 11) is 0. The van der Waals surface area contributed by atoms with E-state index >= 15 is 0 Å². The second-order valence-corrected chi connectivity index (χ2v) is 5.43. The minimum Gasteiger partial charge on any atom is -0.396 e. The van der Waals surface area contributed by atoms with Crippen molar-refractivity contribution in [2.45, 2.75) is 38.6 Å². The molecule has 1 aliphatic rings. The maximum atomic E-state index is 12.3. The summed E-state index contributed by atoms with van der Waals surface area (Å²) < 4.78 is 0. The first-order valence-corrected chi connectivity index (χ1v) is 7.15. The van der Waals surface area contributed by atoms with Crippen molar-refractivity contribution in [3.63, 3.8) is 0 Å². The second kappa shape index (κ2) is 6.83. The zero-order valence-electron chi connectivity index (χ0n) is 11.6. The first-order valence-electron chi connectivity index (χ1n) is 7.15. The molecule has 1 aromatic rings. The monoisotopic (exact) mass is 261 g/mol. The summed E-state index contributed by atoms with van der Waals surface area (Å²) in [5.74, 6) is 0.208. The molecule has 1 aromatic carbocycles. The number of hydrogen-bond acceptors (Lipinski definition) is 3. The molecule has 1 unspecified atom stereocenters. The summed E-state index contributed by atoms with van der Waals surface area (Å²) in [6, 6.07) is 8.28. The van der Waals surface area contributed by atoms with E-state index in [1.54, 1.807) is 0 Å². The van der Waals surface area contributed by atoms with Gasteiger partial charge in [0, 0.05) is 18.2 Å². The quantitative estimate of drug-likeness (QED) is 0.799. The van der Waals surface area contributed by atoms with Crippen LogP contribution in [0.4, 0.5) is 0 Å². The van der Waals surface area contributed by atoms with Crippen LogP contribution in [-0.4, -0.2) is 41.5 Å². The average molecular weight is 261 g/mol. The van der Waals surface area contributed by atoms with E-state index in [1.165, 1.54) is 0 Å². The Balaban J connectivity index is 1.94. The fourth-order valence-corrected chi connectivity index (χ4v) is 2.85. The topological polar surface area (TPSA) is 40.5 Å². The highest BCUT2D eigenvalue weighted by Gasteiger charge is 2.25. The summed E-state index contributed by atoms with van der Waals surface area (Å²) in [6.45, 7) is 3.78. The van der Waals surface area contributed by atoms with Gasteiger partial charge in [-0.05, 0) is 45.2 Å². The maximum Gasteiger partial charge on any atom is 0.176 e. The van der Waals surface area contributed by atoms with Crippen molar-refractivity contribution < 1.29 is 9.90 Å². The number of hydrogen-bond donors (Lipinski definition) is 1. The lowest BCUT2D eigenvalue weighted by atomic mass is 10.1. The zero-order chi connectivity index (χ0) is 13.7. The van der Waals surface area contributed by atoms with Crippen molar-refractivity contribution in [3.05, 3.63) is 35.4 Å². The Morgan fingerprint density at radius 1 is 1.47 bits per heavy atom. The average Bonchev–Trinajstić information content (AvgIpc) is 2.83. The molecule has 0 spiro atoms. The number of Topliss-reactive ketones (excluding diaryl/α,β-unsaturated/α-hetero) is 1. The molecule has 0 bridgehead atoms. The molecule has 104 valence electrons. The van der Waals surface area contributed by atoms with Gasteiger partial charge in [-0.1, -0.05) is 23.8 Å². The van der Waals surface area contributed by atoms with Crippen LogP contribution in [0.2, 0.25) is 0 Å². The summed E-state index contributed by atoms with van der Waals surface area (Å²) in [4.78, 5) is 14.6.